The van der Waals surface area contributed by atoms with Gasteiger partial charge in [-0.25, -0.2) is 9.48 Å². The molecule has 5 nitrogen and oxygen atoms in total. The molecular formula is C17H14ClN3O2. The fraction of sp³-hybridized carbons (Fsp3) is 0. The number of amides is 1. The van der Waals surface area contributed by atoms with Gasteiger partial charge < -0.3 is 4.74 Å². The highest BCUT2D eigenvalue weighted by atomic mass is 35.5. The van der Waals surface area contributed by atoms with E-state index in [1.807, 2.05) is 36.4 Å². The summed E-state index contributed by atoms with van der Waals surface area (Å²) in [6.07, 6.45) is 2.58. The highest BCUT2D eigenvalue weighted by Crippen LogP contribution is 2.08. The number of carbonyl (C=O) groups excluding carboxylic acids is 1. The van der Waals surface area contributed by atoms with Crippen LogP contribution < -0.4 is 10.1 Å². The van der Waals surface area contributed by atoms with E-state index in [2.05, 4.69) is 10.1 Å². The number of ether oxygens (including phenoxy) is 1. The molecule has 0 N–H and O–H groups in total. The summed E-state index contributed by atoms with van der Waals surface area (Å²) in [4.78, 5) is 15.6. The summed E-state index contributed by atoms with van der Waals surface area (Å²) in [6, 6.07) is 20.2. The molecule has 6 heteroatoms. The first-order chi connectivity index (χ1) is 10.8. The molecule has 0 aliphatic carbocycles. The number of nitrogens with zero attached hydrogens (tertiary/aromatic N) is 3. The van der Waals surface area contributed by atoms with Crippen molar-refractivity contribution in [2.24, 2.45) is 4.99 Å². The number of carbonyl (C=O) groups is 1. The van der Waals surface area contributed by atoms with Crippen molar-refractivity contribution in [1.82, 2.24) is 9.78 Å². The number of hydrogen-bond acceptors (Lipinski definition) is 3. The van der Waals surface area contributed by atoms with Crippen LogP contribution in [-0.4, -0.2) is 15.9 Å². The Bertz CT molecular complexity index is 813. The molecule has 0 saturated carbocycles. The summed E-state index contributed by atoms with van der Waals surface area (Å²) < 4.78 is 6.79. The van der Waals surface area contributed by atoms with Crippen LogP contribution in [0.3, 0.4) is 0 Å². The lowest BCUT2D eigenvalue weighted by Crippen LogP contribution is -2.13. The molecule has 0 spiro atoms. The van der Waals surface area contributed by atoms with Crippen molar-refractivity contribution in [3.63, 3.8) is 0 Å². The van der Waals surface area contributed by atoms with E-state index in [1.165, 1.54) is 6.20 Å². The average Bonchev–Trinajstić information content (AvgIpc) is 2.57. The van der Waals surface area contributed by atoms with Crippen molar-refractivity contribution in [2.45, 2.75) is 0 Å². The third-order valence-corrected chi connectivity index (χ3v) is 2.89. The Morgan fingerprint density at radius 1 is 0.957 bits per heavy atom. The average molecular weight is 328 g/mol. The minimum atomic E-state index is -0.675. The van der Waals surface area contributed by atoms with E-state index in [9.17, 15) is 4.79 Å². The molecule has 0 aliphatic heterocycles. The van der Waals surface area contributed by atoms with Crippen LogP contribution in [-0.2, 0) is 0 Å². The van der Waals surface area contributed by atoms with E-state index in [0.29, 0.717) is 11.1 Å². The minimum absolute atomic E-state index is 0. The van der Waals surface area contributed by atoms with E-state index in [4.69, 9.17) is 4.74 Å². The zero-order chi connectivity index (χ0) is 15.2. The van der Waals surface area contributed by atoms with Gasteiger partial charge in [0.25, 0.3) is 0 Å². The van der Waals surface area contributed by atoms with Gasteiger partial charge in [-0.1, -0.05) is 36.4 Å². The number of halogens is 1. The van der Waals surface area contributed by atoms with Crippen molar-refractivity contribution >= 4 is 18.5 Å². The van der Waals surface area contributed by atoms with Gasteiger partial charge in [-0.2, -0.15) is 10.1 Å². The first-order valence-electron chi connectivity index (χ1n) is 6.73. The van der Waals surface area contributed by atoms with Crippen LogP contribution in [0.2, 0.25) is 0 Å². The van der Waals surface area contributed by atoms with Gasteiger partial charge in [-0.05, 0) is 30.3 Å². The molecule has 116 valence electrons. The predicted molar refractivity (Wildman–Crippen MR) is 88.8 cm³/mol. The second-order valence-corrected chi connectivity index (χ2v) is 4.46. The van der Waals surface area contributed by atoms with Crippen LogP contribution in [0.1, 0.15) is 0 Å². The largest absolute Gasteiger partial charge is 0.439 e. The Labute approximate surface area is 139 Å². The zero-order valence-corrected chi connectivity index (χ0v) is 12.9. The van der Waals surface area contributed by atoms with E-state index < -0.39 is 6.09 Å². The molecule has 1 amide bonds. The molecule has 1 aromatic heterocycles. The molecule has 0 fully saturated rings. The van der Waals surface area contributed by atoms with Crippen LogP contribution >= 0.6 is 12.4 Å². The van der Waals surface area contributed by atoms with E-state index >= 15 is 0 Å². The van der Waals surface area contributed by atoms with Gasteiger partial charge in [0.1, 0.15) is 5.75 Å². The molecule has 0 aliphatic rings. The van der Waals surface area contributed by atoms with Crippen molar-refractivity contribution < 1.29 is 9.53 Å². The lowest BCUT2D eigenvalue weighted by atomic mass is 10.3. The molecule has 0 unspecified atom stereocenters. The third kappa shape index (κ3) is 4.52. The highest BCUT2D eigenvalue weighted by molar-refractivity contribution is 5.85. The molecule has 0 bridgehead atoms. The van der Waals surface area contributed by atoms with Crippen LogP contribution in [0.5, 0.6) is 5.75 Å². The van der Waals surface area contributed by atoms with Crippen molar-refractivity contribution in [3.8, 4) is 11.4 Å². The molecule has 0 saturated heterocycles. The smallest absolute Gasteiger partial charge is 0.409 e. The van der Waals surface area contributed by atoms with Crippen LogP contribution in [0.25, 0.3) is 5.69 Å². The van der Waals surface area contributed by atoms with Crippen LogP contribution in [0.15, 0.2) is 84.1 Å². The number of para-hydroxylation sites is 2. The Morgan fingerprint density at radius 2 is 1.61 bits per heavy atom. The van der Waals surface area contributed by atoms with Gasteiger partial charge in [0, 0.05) is 6.20 Å². The standard InChI is InChI=1S/C17H13N3O2.ClH/c21-17(22-16-9-5-2-6-10-16)19-14-11-12-20(18-13-14)15-7-3-1-4-8-15;/h1-13H;1H/b19-14+;. The molecule has 3 rings (SSSR count). The van der Waals surface area contributed by atoms with Gasteiger partial charge in [-0.15, -0.1) is 12.4 Å². The van der Waals surface area contributed by atoms with Crippen molar-refractivity contribution in [3.05, 3.63) is 84.5 Å². The fourth-order valence-corrected chi connectivity index (χ4v) is 1.87. The minimum Gasteiger partial charge on any atom is -0.409 e. The SMILES string of the molecule is Cl.O=C(/N=c1\ccn(-c2ccccc2)nc1)Oc1ccccc1. The maximum Gasteiger partial charge on any atom is 0.439 e. The molecular weight excluding hydrogens is 314 g/mol. The second-order valence-electron chi connectivity index (χ2n) is 4.46. The summed E-state index contributed by atoms with van der Waals surface area (Å²) in [5.41, 5.74) is 0.931. The zero-order valence-electron chi connectivity index (χ0n) is 12.1. The number of benzene rings is 2. The lowest BCUT2D eigenvalue weighted by molar-refractivity contribution is 0.210. The molecule has 2 aromatic carbocycles. The summed E-state index contributed by atoms with van der Waals surface area (Å²) in [5, 5.41) is 4.66. The first kappa shape index (κ1) is 16.5. The third-order valence-electron chi connectivity index (χ3n) is 2.89. The fourth-order valence-electron chi connectivity index (χ4n) is 1.87. The quantitative estimate of drug-likeness (QED) is 0.725. The molecule has 3 aromatic rings. The molecule has 23 heavy (non-hydrogen) atoms. The Hall–Kier alpha value is -2.92. The van der Waals surface area contributed by atoms with Crippen LogP contribution in [0, 0.1) is 0 Å². The van der Waals surface area contributed by atoms with Gasteiger partial charge in [0.05, 0.1) is 17.2 Å². The first-order valence-corrected chi connectivity index (χ1v) is 6.73. The highest BCUT2D eigenvalue weighted by Gasteiger charge is 2.01. The van der Waals surface area contributed by atoms with Gasteiger partial charge in [-0.3, -0.25) is 0 Å². The van der Waals surface area contributed by atoms with E-state index in [1.54, 1.807) is 41.2 Å². The predicted octanol–water partition coefficient (Wildman–Crippen LogP) is 3.39. The topological polar surface area (TPSA) is 56.5 Å². The van der Waals surface area contributed by atoms with Crippen molar-refractivity contribution in [1.29, 1.82) is 0 Å². The maximum absolute atomic E-state index is 11.7. The van der Waals surface area contributed by atoms with Crippen molar-refractivity contribution in [2.75, 3.05) is 0 Å². The van der Waals surface area contributed by atoms with Gasteiger partial charge in [0.15, 0.2) is 0 Å². The van der Waals surface area contributed by atoms with E-state index in [-0.39, 0.29) is 12.4 Å². The summed E-state index contributed by atoms with van der Waals surface area (Å²) in [7, 11) is 0. The molecule has 0 radical (unpaired) electrons. The summed E-state index contributed by atoms with van der Waals surface area (Å²) in [6.45, 7) is 0. The Balaban J connectivity index is 0.00000192. The number of aromatic nitrogens is 2. The Kier molecular flexibility index (Phi) is 5.66. The van der Waals surface area contributed by atoms with E-state index in [0.717, 1.165) is 5.69 Å². The Morgan fingerprint density at radius 3 is 2.22 bits per heavy atom. The maximum atomic E-state index is 11.7. The molecule has 1 heterocycles. The van der Waals surface area contributed by atoms with Gasteiger partial charge >= 0.3 is 6.09 Å². The number of rotatable bonds is 2. The van der Waals surface area contributed by atoms with Crippen LogP contribution in [0.4, 0.5) is 4.79 Å². The summed E-state index contributed by atoms with van der Waals surface area (Å²) >= 11 is 0. The summed E-state index contributed by atoms with van der Waals surface area (Å²) in [5.74, 6) is 0.458. The number of hydrogen-bond donors (Lipinski definition) is 0. The lowest BCUT2D eigenvalue weighted by Gasteiger charge is -2.03. The second kappa shape index (κ2) is 7.91. The van der Waals surface area contributed by atoms with Gasteiger partial charge in [0.2, 0.25) is 0 Å². The normalized spacial score (nSPS) is 10.7. The molecule has 0 atom stereocenters. The monoisotopic (exact) mass is 327 g/mol.